The Morgan fingerprint density at radius 1 is 1.29 bits per heavy atom. The van der Waals surface area contributed by atoms with Crippen LogP contribution in [0.15, 0.2) is 29.4 Å². The molecule has 0 radical (unpaired) electrons. The molecule has 0 unspecified atom stereocenters. The molecule has 3 rings (SSSR count). The lowest BCUT2D eigenvalue weighted by Crippen LogP contribution is -2.40. The van der Waals surface area contributed by atoms with Gasteiger partial charge >= 0.3 is 6.03 Å². The topological polar surface area (TPSA) is 78.1 Å². The Balaban J connectivity index is 1.61. The number of carbonyl (C=O) groups excluding carboxylic acids is 2. The fraction of sp³-hybridized carbons (Fsp3) is 0.357. The molecule has 0 aliphatic carbocycles. The molecule has 0 bridgehead atoms. The standard InChI is InChI=1S/C14H16N4O2S/c1-14(2)11(19)18(13(20)17-14)7-8-21-12-15-9-5-3-4-6-10(9)16-12/h3-6H,7-8H2,1-2H3,(H,15,16)(H,17,20). The number of urea groups is 1. The Bertz CT molecular complexity index is 677. The minimum Gasteiger partial charge on any atom is -0.333 e. The van der Waals surface area contributed by atoms with E-state index in [0.717, 1.165) is 16.2 Å². The van der Waals surface area contributed by atoms with Crippen molar-refractivity contribution >= 4 is 34.7 Å². The summed E-state index contributed by atoms with van der Waals surface area (Å²) < 4.78 is 0. The maximum atomic E-state index is 12.0. The van der Waals surface area contributed by atoms with Crippen molar-refractivity contribution in [1.82, 2.24) is 20.2 Å². The van der Waals surface area contributed by atoms with Crippen LogP contribution in [0.2, 0.25) is 0 Å². The van der Waals surface area contributed by atoms with E-state index < -0.39 is 5.54 Å². The van der Waals surface area contributed by atoms with Gasteiger partial charge in [0.15, 0.2) is 5.16 Å². The first kappa shape index (κ1) is 13.9. The zero-order valence-electron chi connectivity index (χ0n) is 11.8. The Labute approximate surface area is 126 Å². The van der Waals surface area contributed by atoms with E-state index >= 15 is 0 Å². The van der Waals surface area contributed by atoms with Gasteiger partial charge in [0.25, 0.3) is 5.91 Å². The largest absolute Gasteiger partial charge is 0.333 e. The number of amides is 3. The van der Waals surface area contributed by atoms with Crippen molar-refractivity contribution < 1.29 is 9.59 Å². The fourth-order valence-electron chi connectivity index (χ4n) is 2.25. The molecule has 1 aliphatic rings. The number of benzene rings is 1. The number of aromatic amines is 1. The summed E-state index contributed by atoms with van der Waals surface area (Å²) in [6.45, 7) is 3.79. The summed E-state index contributed by atoms with van der Waals surface area (Å²) in [5.74, 6) is 0.424. The van der Waals surface area contributed by atoms with Crippen LogP contribution in [0.3, 0.4) is 0 Å². The van der Waals surface area contributed by atoms with Gasteiger partial charge in [0.05, 0.1) is 11.0 Å². The number of hydrogen-bond donors (Lipinski definition) is 2. The second-order valence-corrected chi connectivity index (χ2v) is 6.50. The van der Waals surface area contributed by atoms with Gasteiger partial charge < -0.3 is 10.3 Å². The SMILES string of the molecule is CC1(C)NC(=O)N(CCSc2nc3ccccc3[nH]2)C1=O. The highest BCUT2D eigenvalue weighted by atomic mass is 32.2. The molecule has 110 valence electrons. The third-order valence-corrected chi connectivity index (χ3v) is 4.22. The molecule has 1 aromatic carbocycles. The van der Waals surface area contributed by atoms with Crippen molar-refractivity contribution in [3.63, 3.8) is 0 Å². The first-order valence-corrected chi connectivity index (χ1v) is 7.67. The summed E-state index contributed by atoms with van der Waals surface area (Å²) in [6, 6.07) is 7.47. The number of para-hydroxylation sites is 2. The highest BCUT2D eigenvalue weighted by molar-refractivity contribution is 7.99. The highest BCUT2D eigenvalue weighted by Gasteiger charge is 2.43. The molecule has 1 aliphatic heterocycles. The van der Waals surface area contributed by atoms with E-state index in [0.29, 0.717) is 12.3 Å². The van der Waals surface area contributed by atoms with E-state index in [2.05, 4.69) is 15.3 Å². The van der Waals surface area contributed by atoms with E-state index in [1.165, 1.54) is 16.7 Å². The van der Waals surface area contributed by atoms with Gasteiger partial charge in [-0.3, -0.25) is 9.69 Å². The summed E-state index contributed by atoms with van der Waals surface area (Å²) >= 11 is 1.50. The van der Waals surface area contributed by atoms with E-state index in [1.807, 2.05) is 24.3 Å². The van der Waals surface area contributed by atoms with Crippen molar-refractivity contribution in [1.29, 1.82) is 0 Å². The van der Waals surface area contributed by atoms with Crippen LogP contribution >= 0.6 is 11.8 Å². The van der Waals surface area contributed by atoms with Crippen LogP contribution in [0.4, 0.5) is 4.79 Å². The maximum absolute atomic E-state index is 12.0. The molecule has 6 nitrogen and oxygen atoms in total. The molecule has 2 heterocycles. The molecular weight excluding hydrogens is 288 g/mol. The van der Waals surface area contributed by atoms with Gasteiger partial charge in [-0.2, -0.15) is 0 Å². The number of nitrogens with one attached hydrogen (secondary N) is 2. The maximum Gasteiger partial charge on any atom is 0.325 e. The molecule has 0 saturated carbocycles. The molecule has 21 heavy (non-hydrogen) atoms. The molecule has 1 saturated heterocycles. The van der Waals surface area contributed by atoms with Crippen LogP contribution < -0.4 is 5.32 Å². The number of nitrogens with zero attached hydrogens (tertiary/aromatic N) is 2. The minimum absolute atomic E-state index is 0.183. The van der Waals surface area contributed by atoms with Gasteiger partial charge in [-0.25, -0.2) is 9.78 Å². The van der Waals surface area contributed by atoms with Crippen molar-refractivity contribution in [2.45, 2.75) is 24.5 Å². The molecule has 0 spiro atoms. The summed E-state index contributed by atoms with van der Waals surface area (Å²) in [5, 5.41) is 3.46. The second kappa shape index (κ2) is 5.07. The van der Waals surface area contributed by atoms with E-state index in [4.69, 9.17) is 0 Å². The fourth-order valence-corrected chi connectivity index (χ4v) is 3.06. The Kier molecular flexibility index (Phi) is 3.36. The van der Waals surface area contributed by atoms with Crippen molar-refractivity contribution in [3.05, 3.63) is 24.3 Å². The Morgan fingerprint density at radius 2 is 2.05 bits per heavy atom. The Hall–Kier alpha value is -2.02. The predicted octanol–water partition coefficient (Wildman–Crippen LogP) is 1.99. The van der Waals surface area contributed by atoms with Crippen molar-refractivity contribution in [3.8, 4) is 0 Å². The molecular formula is C14H16N4O2S. The summed E-state index contributed by atoms with van der Waals surface area (Å²) in [4.78, 5) is 32.7. The number of fused-ring (bicyclic) bond motifs is 1. The number of imide groups is 1. The quantitative estimate of drug-likeness (QED) is 0.669. The zero-order valence-corrected chi connectivity index (χ0v) is 12.7. The zero-order chi connectivity index (χ0) is 15.0. The molecule has 1 fully saturated rings. The normalized spacial score (nSPS) is 17.5. The van der Waals surface area contributed by atoms with Gasteiger partial charge in [0, 0.05) is 12.3 Å². The third-order valence-electron chi connectivity index (χ3n) is 3.37. The highest BCUT2D eigenvalue weighted by Crippen LogP contribution is 2.21. The van der Waals surface area contributed by atoms with Gasteiger partial charge in [-0.15, -0.1) is 0 Å². The molecule has 7 heteroatoms. The van der Waals surface area contributed by atoms with E-state index in [1.54, 1.807) is 13.8 Å². The first-order chi connectivity index (χ1) is 9.97. The molecule has 2 N–H and O–H groups in total. The lowest BCUT2D eigenvalue weighted by Gasteiger charge is -2.15. The second-order valence-electron chi connectivity index (χ2n) is 5.42. The lowest BCUT2D eigenvalue weighted by molar-refractivity contribution is -0.130. The number of hydrogen-bond acceptors (Lipinski definition) is 4. The van der Waals surface area contributed by atoms with Gasteiger partial charge in [0.2, 0.25) is 0 Å². The monoisotopic (exact) mass is 304 g/mol. The summed E-state index contributed by atoms with van der Waals surface area (Å²) in [6.07, 6.45) is 0. The van der Waals surface area contributed by atoms with Crippen LogP contribution in [-0.4, -0.2) is 44.6 Å². The average molecular weight is 304 g/mol. The summed E-state index contributed by atoms with van der Waals surface area (Å²) in [5.41, 5.74) is 1.09. The Morgan fingerprint density at radius 3 is 2.71 bits per heavy atom. The molecule has 2 aromatic rings. The van der Waals surface area contributed by atoms with Gasteiger partial charge in [-0.1, -0.05) is 23.9 Å². The van der Waals surface area contributed by atoms with Crippen molar-refractivity contribution in [2.75, 3.05) is 12.3 Å². The number of thioether (sulfide) groups is 1. The minimum atomic E-state index is -0.804. The van der Waals surface area contributed by atoms with Gasteiger partial charge in [0.1, 0.15) is 5.54 Å². The number of aromatic nitrogens is 2. The van der Waals surface area contributed by atoms with E-state index in [9.17, 15) is 9.59 Å². The number of carbonyl (C=O) groups is 2. The van der Waals surface area contributed by atoms with Crippen LogP contribution in [0.5, 0.6) is 0 Å². The summed E-state index contributed by atoms with van der Waals surface area (Å²) in [7, 11) is 0. The average Bonchev–Trinajstić information content (AvgIpc) is 2.92. The first-order valence-electron chi connectivity index (χ1n) is 6.69. The van der Waals surface area contributed by atoms with Crippen molar-refractivity contribution in [2.24, 2.45) is 0 Å². The number of rotatable bonds is 4. The predicted molar refractivity (Wildman–Crippen MR) is 81.1 cm³/mol. The third kappa shape index (κ3) is 2.61. The lowest BCUT2D eigenvalue weighted by atomic mass is 10.1. The molecule has 1 aromatic heterocycles. The van der Waals surface area contributed by atoms with Crippen LogP contribution in [0.1, 0.15) is 13.8 Å². The van der Waals surface area contributed by atoms with Crippen LogP contribution in [0, 0.1) is 0 Å². The number of H-pyrrole nitrogens is 1. The van der Waals surface area contributed by atoms with Gasteiger partial charge in [-0.05, 0) is 26.0 Å². The van der Waals surface area contributed by atoms with Crippen LogP contribution in [-0.2, 0) is 4.79 Å². The number of imidazole rings is 1. The van der Waals surface area contributed by atoms with Crippen LogP contribution in [0.25, 0.3) is 11.0 Å². The molecule has 3 amide bonds. The molecule has 0 atom stereocenters. The smallest absolute Gasteiger partial charge is 0.325 e. The van der Waals surface area contributed by atoms with E-state index in [-0.39, 0.29) is 11.9 Å².